The largest absolute Gasteiger partial charge is 0.508 e. The lowest BCUT2D eigenvalue weighted by Gasteiger charge is -2.23. The summed E-state index contributed by atoms with van der Waals surface area (Å²) in [5, 5.41) is 21.2. The standard InChI is InChI=1S/C26H39N7O8/c1-14(2)10-19(33-24(39)18(27)11-16-4-6-17(35)7-5-16)26(41)30-13-22(37)31-15(3)23(38)32-20(12-21(28)36)25(40)29-8-9-34/h4-7,9,14-15,18-20,35H,8,10-13,27H2,1-3H3,(H2,28,36)(H,29,40)(H,30,41)(H,31,37)(H,32,38)(H,33,39)/t15-,18-,19-,20-/m0/s1. The molecule has 0 aliphatic carbocycles. The molecule has 0 aliphatic heterocycles. The first kappa shape index (κ1) is 34.5. The van der Waals surface area contributed by atoms with Gasteiger partial charge in [-0.2, -0.15) is 0 Å². The molecule has 1 rings (SSSR count). The van der Waals surface area contributed by atoms with Gasteiger partial charge in [0.05, 0.1) is 25.6 Å². The molecule has 0 saturated carbocycles. The third-order valence-corrected chi connectivity index (χ3v) is 5.66. The Kier molecular flexibility index (Phi) is 14.5. The van der Waals surface area contributed by atoms with Crippen molar-refractivity contribution >= 4 is 41.7 Å². The van der Waals surface area contributed by atoms with E-state index in [4.69, 9.17) is 11.5 Å². The highest BCUT2D eigenvalue weighted by Gasteiger charge is 2.27. The number of nitrogens with one attached hydrogen (secondary N) is 5. The summed E-state index contributed by atoms with van der Waals surface area (Å²) in [5.74, 6) is -4.36. The van der Waals surface area contributed by atoms with E-state index in [-0.39, 0.29) is 31.1 Å². The van der Waals surface area contributed by atoms with Gasteiger partial charge < -0.3 is 48.0 Å². The van der Waals surface area contributed by atoms with Crippen LogP contribution in [0.5, 0.6) is 5.75 Å². The second kappa shape index (κ2) is 17.2. The molecule has 0 heterocycles. The van der Waals surface area contributed by atoms with Crippen LogP contribution in [-0.2, 0) is 40.0 Å². The van der Waals surface area contributed by atoms with Crippen LogP contribution in [0.15, 0.2) is 24.3 Å². The molecular formula is C26H39N7O8. The first-order valence-electron chi connectivity index (χ1n) is 12.9. The molecule has 4 atom stereocenters. The van der Waals surface area contributed by atoms with E-state index >= 15 is 0 Å². The predicted octanol–water partition coefficient (Wildman–Crippen LogP) is -2.91. The topological polar surface area (TPSA) is 252 Å². The third-order valence-electron chi connectivity index (χ3n) is 5.66. The number of phenolic OH excluding ortho intramolecular Hbond substituents is 1. The number of aromatic hydroxyl groups is 1. The van der Waals surface area contributed by atoms with Gasteiger partial charge in [-0.15, -0.1) is 0 Å². The molecule has 0 aromatic heterocycles. The van der Waals surface area contributed by atoms with Crippen LogP contribution in [0, 0.1) is 5.92 Å². The van der Waals surface area contributed by atoms with Gasteiger partial charge in [0.15, 0.2) is 0 Å². The maximum atomic E-state index is 12.8. The second-order valence-electron chi connectivity index (χ2n) is 9.82. The number of hydrogen-bond acceptors (Lipinski definition) is 9. The average molecular weight is 578 g/mol. The van der Waals surface area contributed by atoms with Crippen molar-refractivity contribution in [3.63, 3.8) is 0 Å². The van der Waals surface area contributed by atoms with Gasteiger partial charge in [-0.3, -0.25) is 28.8 Å². The molecule has 15 heteroatoms. The van der Waals surface area contributed by atoms with Crippen LogP contribution in [0.4, 0.5) is 0 Å². The smallest absolute Gasteiger partial charge is 0.243 e. The minimum Gasteiger partial charge on any atom is -0.508 e. The SMILES string of the molecule is CC(C)C[C@H](NC(=O)[C@@H](N)Cc1ccc(O)cc1)C(=O)NCC(=O)N[C@@H](C)C(=O)N[C@@H](CC(N)=O)C(=O)NCC=O. The molecule has 226 valence electrons. The summed E-state index contributed by atoms with van der Waals surface area (Å²) >= 11 is 0. The van der Waals surface area contributed by atoms with Crippen molar-refractivity contribution in [3.8, 4) is 5.75 Å². The van der Waals surface area contributed by atoms with E-state index < -0.39 is 72.6 Å². The lowest BCUT2D eigenvalue weighted by atomic mass is 10.0. The van der Waals surface area contributed by atoms with Crippen molar-refractivity contribution in [2.75, 3.05) is 13.1 Å². The molecule has 0 saturated heterocycles. The van der Waals surface area contributed by atoms with E-state index in [9.17, 15) is 38.7 Å². The summed E-state index contributed by atoms with van der Waals surface area (Å²) < 4.78 is 0. The Labute approximate surface area is 237 Å². The van der Waals surface area contributed by atoms with Crippen molar-refractivity contribution < 1.29 is 38.7 Å². The predicted molar refractivity (Wildman–Crippen MR) is 147 cm³/mol. The normalized spacial score (nSPS) is 13.6. The van der Waals surface area contributed by atoms with Crippen LogP contribution >= 0.6 is 0 Å². The maximum absolute atomic E-state index is 12.8. The Morgan fingerprint density at radius 2 is 1.44 bits per heavy atom. The molecule has 6 amide bonds. The summed E-state index contributed by atoms with van der Waals surface area (Å²) in [7, 11) is 0. The summed E-state index contributed by atoms with van der Waals surface area (Å²) in [6.45, 7) is 4.15. The van der Waals surface area contributed by atoms with Gasteiger partial charge in [-0.25, -0.2) is 0 Å². The van der Waals surface area contributed by atoms with Gasteiger partial charge in [0.2, 0.25) is 35.4 Å². The molecule has 1 aromatic rings. The zero-order valence-corrected chi connectivity index (χ0v) is 23.3. The summed E-state index contributed by atoms with van der Waals surface area (Å²) in [6, 6.07) is 1.71. The van der Waals surface area contributed by atoms with E-state index in [0.29, 0.717) is 11.8 Å². The molecule has 0 bridgehead atoms. The first-order valence-corrected chi connectivity index (χ1v) is 12.9. The minimum absolute atomic E-state index is 0.00833. The van der Waals surface area contributed by atoms with Crippen molar-refractivity contribution in [2.24, 2.45) is 17.4 Å². The van der Waals surface area contributed by atoms with Crippen molar-refractivity contribution in [3.05, 3.63) is 29.8 Å². The quantitative estimate of drug-likeness (QED) is 0.0882. The highest BCUT2D eigenvalue weighted by atomic mass is 16.3. The van der Waals surface area contributed by atoms with Gasteiger partial charge in [-0.1, -0.05) is 26.0 Å². The molecule has 10 N–H and O–H groups in total. The molecule has 0 radical (unpaired) electrons. The zero-order chi connectivity index (χ0) is 31.1. The Morgan fingerprint density at radius 1 is 0.854 bits per heavy atom. The van der Waals surface area contributed by atoms with Crippen LogP contribution in [0.1, 0.15) is 39.2 Å². The fourth-order valence-electron chi connectivity index (χ4n) is 3.58. The number of hydrogen-bond donors (Lipinski definition) is 8. The van der Waals surface area contributed by atoms with E-state index in [2.05, 4.69) is 26.6 Å². The van der Waals surface area contributed by atoms with Gasteiger partial charge in [0, 0.05) is 0 Å². The van der Waals surface area contributed by atoms with Gasteiger partial charge >= 0.3 is 0 Å². The number of benzene rings is 1. The molecule has 15 nitrogen and oxygen atoms in total. The van der Waals surface area contributed by atoms with E-state index in [1.807, 2.05) is 13.8 Å². The van der Waals surface area contributed by atoms with Gasteiger partial charge in [-0.05, 0) is 43.4 Å². The lowest BCUT2D eigenvalue weighted by molar-refractivity contribution is -0.133. The number of carbonyl (C=O) groups is 7. The summed E-state index contributed by atoms with van der Waals surface area (Å²) in [5.41, 5.74) is 11.8. The highest BCUT2D eigenvalue weighted by molar-refractivity contribution is 5.96. The zero-order valence-electron chi connectivity index (χ0n) is 23.3. The fourth-order valence-corrected chi connectivity index (χ4v) is 3.58. The second-order valence-corrected chi connectivity index (χ2v) is 9.82. The Bertz CT molecular complexity index is 1090. The van der Waals surface area contributed by atoms with Gasteiger partial charge in [0.1, 0.15) is 30.2 Å². The van der Waals surface area contributed by atoms with E-state index in [1.54, 1.807) is 12.1 Å². The van der Waals surface area contributed by atoms with Crippen LogP contribution < -0.4 is 38.1 Å². The van der Waals surface area contributed by atoms with Crippen LogP contribution in [0.25, 0.3) is 0 Å². The van der Waals surface area contributed by atoms with Crippen LogP contribution in [-0.4, -0.2) is 84.1 Å². The van der Waals surface area contributed by atoms with Crippen LogP contribution in [0.2, 0.25) is 0 Å². The summed E-state index contributed by atoms with van der Waals surface area (Å²) in [6.07, 6.45) is 0.317. The van der Waals surface area contributed by atoms with E-state index in [0.717, 1.165) is 0 Å². The molecule has 0 spiro atoms. The van der Waals surface area contributed by atoms with Crippen molar-refractivity contribution in [2.45, 2.75) is 64.2 Å². The molecule has 0 unspecified atom stereocenters. The average Bonchev–Trinajstić information content (AvgIpc) is 2.90. The van der Waals surface area contributed by atoms with E-state index in [1.165, 1.54) is 19.1 Å². The van der Waals surface area contributed by atoms with Gasteiger partial charge in [0.25, 0.3) is 0 Å². The Hall–Kier alpha value is -4.53. The lowest BCUT2D eigenvalue weighted by Crippen LogP contribution is -2.56. The molecule has 1 aromatic carbocycles. The molecule has 41 heavy (non-hydrogen) atoms. The first-order chi connectivity index (χ1) is 19.2. The minimum atomic E-state index is -1.36. The number of nitrogens with two attached hydrogens (primary N) is 2. The summed E-state index contributed by atoms with van der Waals surface area (Å²) in [4.78, 5) is 84.1. The number of carbonyl (C=O) groups excluding carboxylic acids is 7. The number of aldehydes is 1. The Morgan fingerprint density at radius 3 is 2.00 bits per heavy atom. The number of amides is 6. The molecule has 0 aliphatic rings. The fraction of sp³-hybridized carbons (Fsp3) is 0.500. The monoisotopic (exact) mass is 577 g/mol. The van der Waals surface area contributed by atoms with Crippen molar-refractivity contribution in [1.29, 1.82) is 0 Å². The van der Waals surface area contributed by atoms with Crippen molar-refractivity contribution in [1.82, 2.24) is 26.6 Å². The maximum Gasteiger partial charge on any atom is 0.243 e. The highest BCUT2D eigenvalue weighted by Crippen LogP contribution is 2.11. The molecular weight excluding hydrogens is 538 g/mol. The third kappa shape index (κ3) is 13.4. The molecule has 0 fully saturated rings. The number of primary amides is 1. The number of phenols is 1. The van der Waals surface area contributed by atoms with Crippen LogP contribution in [0.3, 0.4) is 0 Å². The number of rotatable bonds is 17. The Balaban J connectivity index is 2.68.